The van der Waals surface area contributed by atoms with Gasteiger partial charge >= 0.3 is 0 Å². The summed E-state index contributed by atoms with van der Waals surface area (Å²) < 4.78 is 29.6. The van der Waals surface area contributed by atoms with E-state index in [2.05, 4.69) is 10.3 Å². The normalized spacial score (nSPS) is 24.2. The van der Waals surface area contributed by atoms with Crippen LogP contribution in [-0.4, -0.2) is 57.1 Å². The summed E-state index contributed by atoms with van der Waals surface area (Å²) in [6.07, 6.45) is -0.289. The molecule has 0 spiro atoms. The van der Waals surface area contributed by atoms with Gasteiger partial charge in [0.05, 0.1) is 19.3 Å². The number of nitrogens with one attached hydrogen (secondary N) is 2. The Balaban J connectivity index is 1.65. The van der Waals surface area contributed by atoms with Gasteiger partial charge in [0.25, 0.3) is 5.91 Å². The van der Waals surface area contributed by atoms with Gasteiger partial charge in [-0.25, -0.2) is 4.39 Å². The monoisotopic (exact) mass is 336 g/mol. The first kappa shape index (κ1) is 16.9. The maximum absolute atomic E-state index is 13.2. The molecule has 1 fully saturated rings. The second-order valence-corrected chi connectivity index (χ2v) is 5.90. The SMILES string of the molecule is CO[C@H]1[C@H](CNC(=O)c2cc3ccc(F)cc3[nH]2)COC[C@H]1OC. The van der Waals surface area contributed by atoms with Crippen LogP contribution < -0.4 is 5.32 Å². The summed E-state index contributed by atoms with van der Waals surface area (Å²) >= 11 is 0. The van der Waals surface area contributed by atoms with E-state index in [0.29, 0.717) is 31.0 Å². The highest BCUT2D eigenvalue weighted by molar-refractivity contribution is 5.97. The van der Waals surface area contributed by atoms with Crippen molar-refractivity contribution in [2.24, 2.45) is 5.92 Å². The Bertz CT molecular complexity index is 718. The number of carbonyl (C=O) groups is 1. The van der Waals surface area contributed by atoms with Crippen LogP contribution in [0.2, 0.25) is 0 Å². The molecule has 1 amide bonds. The Kier molecular flexibility index (Phi) is 5.13. The topological polar surface area (TPSA) is 72.6 Å². The Hall–Kier alpha value is -1.96. The van der Waals surface area contributed by atoms with Crippen LogP contribution in [0.4, 0.5) is 4.39 Å². The van der Waals surface area contributed by atoms with E-state index in [1.54, 1.807) is 26.4 Å². The summed E-state index contributed by atoms with van der Waals surface area (Å²) in [7, 11) is 3.24. The smallest absolute Gasteiger partial charge is 0.267 e. The van der Waals surface area contributed by atoms with E-state index in [1.807, 2.05) is 0 Å². The molecule has 7 heteroatoms. The zero-order valence-electron chi connectivity index (χ0n) is 13.7. The van der Waals surface area contributed by atoms with Crippen molar-refractivity contribution in [1.82, 2.24) is 10.3 Å². The van der Waals surface area contributed by atoms with Gasteiger partial charge in [-0.3, -0.25) is 4.79 Å². The zero-order chi connectivity index (χ0) is 17.1. The number of hydrogen-bond donors (Lipinski definition) is 2. The number of fused-ring (bicyclic) bond motifs is 1. The van der Waals surface area contributed by atoms with Gasteiger partial charge in [-0.2, -0.15) is 0 Å². The molecule has 0 radical (unpaired) electrons. The molecule has 0 unspecified atom stereocenters. The van der Waals surface area contributed by atoms with Crippen LogP contribution in [0.15, 0.2) is 24.3 Å². The molecule has 0 bridgehead atoms. The second-order valence-electron chi connectivity index (χ2n) is 5.90. The largest absolute Gasteiger partial charge is 0.378 e. The standard InChI is InChI=1S/C17H21FN2O4/c1-22-15-9-24-8-11(16(15)23-2)7-19-17(21)14-5-10-3-4-12(18)6-13(10)20-14/h3-6,11,15-16,20H,7-9H2,1-2H3,(H,19,21)/t11-,15-,16+/m1/s1. The first-order chi connectivity index (χ1) is 11.6. The fourth-order valence-corrected chi connectivity index (χ4v) is 3.09. The molecule has 1 saturated heterocycles. The van der Waals surface area contributed by atoms with Crippen molar-refractivity contribution < 1.29 is 23.4 Å². The van der Waals surface area contributed by atoms with E-state index in [9.17, 15) is 9.18 Å². The third-order valence-corrected chi connectivity index (χ3v) is 4.37. The molecule has 1 aromatic heterocycles. The molecule has 2 heterocycles. The van der Waals surface area contributed by atoms with Crippen molar-refractivity contribution in [3.8, 4) is 0 Å². The van der Waals surface area contributed by atoms with E-state index in [4.69, 9.17) is 14.2 Å². The minimum Gasteiger partial charge on any atom is -0.378 e. The van der Waals surface area contributed by atoms with Gasteiger partial charge in [0.2, 0.25) is 0 Å². The van der Waals surface area contributed by atoms with Gasteiger partial charge in [0, 0.05) is 37.6 Å². The van der Waals surface area contributed by atoms with Gasteiger partial charge < -0.3 is 24.5 Å². The first-order valence-electron chi connectivity index (χ1n) is 7.82. The number of rotatable bonds is 5. The second kappa shape index (κ2) is 7.29. The van der Waals surface area contributed by atoms with Crippen LogP contribution in [0.5, 0.6) is 0 Å². The molecule has 0 aliphatic carbocycles. The summed E-state index contributed by atoms with van der Waals surface area (Å²) in [5.41, 5.74) is 0.986. The Labute approximate surface area is 139 Å². The average Bonchev–Trinajstić information content (AvgIpc) is 3.02. The Morgan fingerprint density at radius 2 is 2.17 bits per heavy atom. The van der Waals surface area contributed by atoms with Crippen LogP contribution in [0.25, 0.3) is 10.9 Å². The van der Waals surface area contributed by atoms with Gasteiger partial charge in [0.1, 0.15) is 17.6 Å². The molecular formula is C17H21FN2O4. The Morgan fingerprint density at radius 3 is 2.92 bits per heavy atom. The highest BCUT2D eigenvalue weighted by Crippen LogP contribution is 2.20. The van der Waals surface area contributed by atoms with Crippen molar-refractivity contribution in [3.05, 3.63) is 35.8 Å². The van der Waals surface area contributed by atoms with E-state index in [1.165, 1.54) is 12.1 Å². The molecule has 1 aliphatic heterocycles. The van der Waals surface area contributed by atoms with Crippen LogP contribution in [0, 0.1) is 11.7 Å². The number of H-pyrrole nitrogens is 1. The van der Waals surface area contributed by atoms with Crippen LogP contribution in [-0.2, 0) is 14.2 Å². The molecule has 6 nitrogen and oxygen atoms in total. The van der Waals surface area contributed by atoms with Crippen LogP contribution >= 0.6 is 0 Å². The molecule has 3 rings (SSSR count). The Morgan fingerprint density at radius 1 is 1.33 bits per heavy atom. The lowest BCUT2D eigenvalue weighted by Gasteiger charge is -2.36. The van der Waals surface area contributed by atoms with Gasteiger partial charge in [0.15, 0.2) is 0 Å². The van der Waals surface area contributed by atoms with Crippen molar-refractivity contribution in [1.29, 1.82) is 0 Å². The number of methoxy groups -OCH3 is 2. The highest BCUT2D eigenvalue weighted by Gasteiger charge is 2.34. The van der Waals surface area contributed by atoms with E-state index in [-0.39, 0.29) is 29.9 Å². The number of halogens is 1. The summed E-state index contributed by atoms with van der Waals surface area (Å²) in [6, 6.07) is 6.07. The third kappa shape index (κ3) is 3.43. The van der Waals surface area contributed by atoms with Crippen molar-refractivity contribution in [2.75, 3.05) is 34.0 Å². The third-order valence-electron chi connectivity index (χ3n) is 4.37. The molecule has 2 aromatic rings. The number of aromatic nitrogens is 1. The molecule has 130 valence electrons. The maximum Gasteiger partial charge on any atom is 0.267 e. The lowest BCUT2D eigenvalue weighted by atomic mass is 9.96. The predicted octanol–water partition coefficient (Wildman–Crippen LogP) is 1.71. The quantitative estimate of drug-likeness (QED) is 0.872. The van der Waals surface area contributed by atoms with Crippen molar-refractivity contribution in [3.63, 3.8) is 0 Å². The van der Waals surface area contributed by atoms with E-state index < -0.39 is 0 Å². The minimum absolute atomic E-state index is 0.000488. The molecule has 1 aromatic carbocycles. The predicted molar refractivity (Wildman–Crippen MR) is 86.5 cm³/mol. The highest BCUT2D eigenvalue weighted by atomic mass is 19.1. The molecule has 24 heavy (non-hydrogen) atoms. The molecular weight excluding hydrogens is 315 g/mol. The number of aromatic amines is 1. The minimum atomic E-state index is -0.343. The van der Waals surface area contributed by atoms with Crippen molar-refractivity contribution in [2.45, 2.75) is 12.2 Å². The van der Waals surface area contributed by atoms with Crippen LogP contribution in [0.1, 0.15) is 10.5 Å². The number of benzene rings is 1. The molecule has 1 aliphatic rings. The number of amides is 1. The molecule has 0 saturated carbocycles. The fourth-order valence-electron chi connectivity index (χ4n) is 3.09. The summed E-state index contributed by atoms with van der Waals surface area (Å²) in [4.78, 5) is 15.3. The van der Waals surface area contributed by atoms with E-state index in [0.717, 1.165) is 5.39 Å². The van der Waals surface area contributed by atoms with Gasteiger partial charge in [-0.05, 0) is 24.3 Å². The lowest BCUT2D eigenvalue weighted by Crippen LogP contribution is -2.50. The number of hydrogen-bond acceptors (Lipinski definition) is 4. The van der Waals surface area contributed by atoms with Crippen LogP contribution in [0.3, 0.4) is 0 Å². The fraction of sp³-hybridized carbons (Fsp3) is 0.471. The van der Waals surface area contributed by atoms with E-state index >= 15 is 0 Å². The average molecular weight is 336 g/mol. The summed E-state index contributed by atoms with van der Waals surface area (Å²) in [5.74, 6) is -0.593. The first-order valence-corrected chi connectivity index (χ1v) is 7.82. The zero-order valence-corrected chi connectivity index (χ0v) is 13.7. The molecule has 3 atom stereocenters. The van der Waals surface area contributed by atoms with Gasteiger partial charge in [-0.1, -0.05) is 0 Å². The summed E-state index contributed by atoms with van der Waals surface area (Å²) in [6.45, 7) is 1.38. The lowest BCUT2D eigenvalue weighted by molar-refractivity contribution is -0.145. The number of ether oxygens (including phenoxy) is 3. The van der Waals surface area contributed by atoms with Gasteiger partial charge in [-0.15, -0.1) is 0 Å². The van der Waals surface area contributed by atoms with Crippen molar-refractivity contribution >= 4 is 16.8 Å². The maximum atomic E-state index is 13.2. The number of carbonyl (C=O) groups excluding carboxylic acids is 1. The summed E-state index contributed by atoms with van der Waals surface area (Å²) in [5, 5.41) is 3.66. The molecule has 2 N–H and O–H groups in total.